The number of aromatic nitrogens is 2. The van der Waals surface area contributed by atoms with Crippen molar-refractivity contribution in [2.24, 2.45) is 17.8 Å². The van der Waals surface area contributed by atoms with Gasteiger partial charge in [0, 0.05) is 38.5 Å². The first-order chi connectivity index (χ1) is 13.8. The van der Waals surface area contributed by atoms with Crippen molar-refractivity contribution < 1.29 is 9.32 Å². The number of carbonyl (C=O) groups is 1. The second-order valence-electron chi connectivity index (χ2n) is 8.54. The Bertz CT molecular complexity index is 797. The summed E-state index contributed by atoms with van der Waals surface area (Å²) in [5, 5.41) is 6.09. The van der Waals surface area contributed by atoms with Crippen LogP contribution in [0.5, 0.6) is 0 Å². The molecule has 1 aliphatic heterocycles. The molecule has 5 rings (SSSR count). The van der Waals surface area contributed by atoms with Gasteiger partial charge in [-0.1, -0.05) is 17.6 Å². The molecule has 3 unspecified atom stereocenters. The number of rotatable bonds is 6. The van der Waals surface area contributed by atoms with Crippen LogP contribution in [0, 0.1) is 17.8 Å². The highest BCUT2D eigenvalue weighted by Gasteiger charge is 2.44. The topological polar surface area (TPSA) is 62.5 Å². The maximum absolute atomic E-state index is 12.9. The highest BCUT2D eigenvalue weighted by molar-refractivity contribution is 7.13. The van der Waals surface area contributed by atoms with Crippen LogP contribution < -0.4 is 0 Å². The molecule has 2 aliphatic carbocycles. The molecule has 3 atom stereocenters. The third-order valence-electron chi connectivity index (χ3n) is 6.81. The monoisotopic (exact) mass is 400 g/mol. The lowest BCUT2D eigenvalue weighted by Gasteiger charge is -2.37. The number of fused-ring (bicyclic) bond motifs is 2. The van der Waals surface area contributed by atoms with Crippen LogP contribution in [0.2, 0.25) is 0 Å². The summed E-state index contributed by atoms with van der Waals surface area (Å²) in [6.45, 7) is 4.76. The third kappa shape index (κ3) is 3.74. The molecular formula is C21H28N4O2S. The Morgan fingerprint density at radius 2 is 2.11 bits per heavy atom. The van der Waals surface area contributed by atoms with Crippen LogP contribution in [-0.2, 0) is 11.2 Å². The zero-order valence-electron chi connectivity index (χ0n) is 16.3. The van der Waals surface area contributed by atoms with Gasteiger partial charge in [0.15, 0.2) is 0 Å². The Morgan fingerprint density at radius 1 is 1.21 bits per heavy atom. The normalized spacial score (nSPS) is 27.6. The van der Waals surface area contributed by atoms with Crippen LogP contribution >= 0.6 is 11.3 Å². The van der Waals surface area contributed by atoms with Crippen LogP contribution in [0.4, 0.5) is 0 Å². The summed E-state index contributed by atoms with van der Waals surface area (Å²) in [5.41, 5.74) is 0. The van der Waals surface area contributed by atoms with Crippen LogP contribution in [0.25, 0.3) is 10.7 Å². The van der Waals surface area contributed by atoms with Gasteiger partial charge in [-0.3, -0.25) is 9.69 Å². The minimum atomic E-state index is 0.334. The molecule has 0 aromatic carbocycles. The first-order valence-corrected chi connectivity index (χ1v) is 11.5. The lowest BCUT2D eigenvalue weighted by atomic mass is 9.87. The fraction of sp³-hybridized carbons (Fsp3) is 0.667. The standard InChI is InChI=1S/C21H28N4O2S/c26-21(17-14-15-5-6-16(17)13-15)25-10-8-24(9-11-25)7-1-4-19-22-20(23-27-19)18-3-2-12-28-18/h2-3,12,15-17H,1,4-11,13-14H2. The van der Waals surface area contributed by atoms with Crippen molar-refractivity contribution in [3.05, 3.63) is 23.4 Å². The molecule has 0 N–H and O–H groups in total. The molecule has 2 saturated carbocycles. The SMILES string of the molecule is O=C(C1CC2CCC1C2)N1CCN(CCCc2nc(-c3cccs3)no2)CC1. The molecule has 3 aliphatic rings. The van der Waals surface area contributed by atoms with Crippen molar-refractivity contribution in [1.82, 2.24) is 19.9 Å². The molecule has 150 valence electrons. The van der Waals surface area contributed by atoms with E-state index < -0.39 is 0 Å². The van der Waals surface area contributed by atoms with Crippen molar-refractivity contribution in [2.75, 3.05) is 32.7 Å². The molecule has 3 fully saturated rings. The van der Waals surface area contributed by atoms with Gasteiger partial charge in [-0.15, -0.1) is 11.3 Å². The molecule has 0 spiro atoms. The second kappa shape index (κ2) is 7.95. The van der Waals surface area contributed by atoms with E-state index in [4.69, 9.17) is 4.52 Å². The van der Waals surface area contributed by atoms with Crippen molar-refractivity contribution >= 4 is 17.2 Å². The van der Waals surface area contributed by atoms with Crippen molar-refractivity contribution in [2.45, 2.75) is 38.5 Å². The highest BCUT2D eigenvalue weighted by atomic mass is 32.1. The fourth-order valence-electron chi connectivity index (χ4n) is 5.29. The van der Waals surface area contributed by atoms with Gasteiger partial charge < -0.3 is 9.42 Å². The van der Waals surface area contributed by atoms with Gasteiger partial charge >= 0.3 is 0 Å². The van der Waals surface area contributed by atoms with E-state index in [0.29, 0.717) is 29.5 Å². The summed E-state index contributed by atoms with van der Waals surface area (Å²) >= 11 is 1.63. The van der Waals surface area contributed by atoms with Gasteiger partial charge in [-0.25, -0.2) is 0 Å². The number of hydrogen-bond donors (Lipinski definition) is 0. The molecule has 3 heterocycles. The molecular weight excluding hydrogens is 372 g/mol. The Kier molecular flexibility index (Phi) is 5.20. The lowest BCUT2D eigenvalue weighted by Crippen LogP contribution is -2.51. The van der Waals surface area contributed by atoms with E-state index in [1.807, 2.05) is 17.5 Å². The quantitative estimate of drug-likeness (QED) is 0.744. The van der Waals surface area contributed by atoms with E-state index in [1.165, 1.54) is 19.3 Å². The summed E-state index contributed by atoms with van der Waals surface area (Å²) < 4.78 is 5.38. The Labute approximate surface area is 169 Å². The number of carbonyl (C=O) groups excluding carboxylic acids is 1. The molecule has 6 nitrogen and oxygen atoms in total. The molecule has 2 aromatic heterocycles. The summed E-state index contributed by atoms with van der Waals surface area (Å²) in [5.74, 6) is 3.71. The number of aryl methyl sites for hydroxylation is 1. The number of hydrogen-bond acceptors (Lipinski definition) is 6. The average Bonchev–Trinajstić information content (AvgIpc) is 3.52. The van der Waals surface area contributed by atoms with Crippen molar-refractivity contribution in [3.8, 4) is 10.7 Å². The van der Waals surface area contributed by atoms with Crippen LogP contribution in [0.3, 0.4) is 0 Å². The first kappa shape index (κ1) is 18.3. The van der Waals surface area contributed by atoms with Crippen molar-refractivity contribution in [1.29, 1.82) is 0 Å². The lowest BCUT2D eigenvalue weighted by molar-refractivity contribution is -0.139. The van der Waals surface area contributed by atoms with Crippen molar-refractivity contribution in [3.63, 3.8) is 0 Å². The summed E-state index contributed by atoms with van der Waals surface area (Å²) in [6, 6.07) is 4.01. The van der Waals surface area contributed by atoms with E-state index in [0.717, 1.165) is 62.8 Å². The number of piperazine rings is 1. The summed E-state index contributed by atoms with van der Waals surface area (Å²) in [6.07, 6.45) is 6.92. The fourth-order valence-corrected chi connectivity index (χ4v) is 5.94. The van der Waals surface area contributed by atoms with Crippen LogP contribution in [0.15, 0.2) is 22.0 Å². The van der Waals surface area contributed by atoms with E-state index >= 15 is 0 Å². The molecule has 2 aromatic rings. The zero-order chi connectivity index (χ0) is 18.9. The Morgan fingerprint density at radius 3 is 2.82 bits per heavy atom. The van der Waals surface area contributed by atoms with Gasteiger partial charge in [0.25, 0.3) is 0 Å². The predicted octanol–water partition coefficient (Wildman–Crippen LogP) is 3.31. The smallest absolute Gasteiger partial charge is 0.227 e. The molecule has 2 bridgehead atoms. The van der Waals surface area contributed by atoms with E-state index in [-0.39, 0.29) is 0 Å². The first-order valence-electron chi connectivity index (χ1n) is 10.6. The number of thiophene rings is 1. The molecule has 7 heteroatoms. The average molecular weight is 401 g/mol. The van der Waals surface area contributed by atoms with E-state index in [2.05, 4.69) is 19.9 Å². The Hall–Kier alpha value is -1.73. The van der Waals surface area contributed by atoms with Crippen LogP contribution in [-0.4, -0.2) is 58.6 Å². The van der Waals surface area contributed by atoms with Gasteiger partial charge in [-0.05, 0) is 55.5 Å². The third-order valence-corrected chi connectivity index (χ3v) is 7.68. The predicted molar refractivity (Wildman–Crippen MR) is 108 cm³/mol. The molecule has 0 radical (unpaired) electrons. The van der Waals surface area contributed by atoms with Crippen LogP contribution in [0.1, 0.15) is 38.0 Å². The maximum atomic E-state index is 12.9. The molecule has 28 heavy (non-hydrogen) atoms. The molecule has 1 saturated heterocycles. The number of nitrogens with zero attached hydrogens (tertiary/aromatic N) is 4. The van der Waals surface area contributed by atoms with Gasteiger partial charge in [0.1, 0.15) is 0 Å². The van der Waals surface area contributed by atoms with Gasteiger partial charge in [-0.2, -0.15) is 4.98 Å². The van der Waals surface area contributed by atoms with E-state index in [9.17, 15) is 4.79 Å². The zero-order valence-corrected chi connectivity index (χ0v) is 17.1. The van der Waals surface area contributed by atoms with Gasteiger partial charge in [0.2, 0.25) is 17.6 Å². The Balaban J connectivity index is 1.04. The maximum Gasteiger partial charge on any atom is 0.227 e. The number of amides is 1. The van der Waals surface area contributed by atoms with E-state index in [1.54, 1.807) is 11.3 Å². The minimum absolute atomic E-state index is 0.334. The summed E-state index contributed by atoms with van der Waals surface area (Å²) in [4.78, 5) is 23.0. The minimum Gasteiger partial charge on any atom is -0.340 e. The second-order valence-corrected chi connectivity index (χ2v) is 9.49. The molecule has 1 amide bonds. The summed E-state index contributed by atoms with van der Waals surface area (Å²) in [7, 11) is 0. The highest BCUT2D eigenvalue weighted by Crippen LogP contribution is 2.48. The van der Waals surface area contributed by atoms with Gasteiger partial charge in [0.05, 0.1) is 4.88 Å². The largest absolute Gasteiger partial charge is 0.340 e.